The number of phenols is 1. The van der Waals surface area contributed by atoms with Gasteiger partial charge in [0.2, 0.25) is 0 Å². The number of hydrogen-bond acceptors (Lipinski definition) is 4. The molecule has 5 heteroatoms. The molecule has 4 nitrogen and oxygen atoms in total. The molecular weight excluding hydrogens is 286 g/mol. The Labute approximate surface area is 109 Å². The molecule has 0 saturated heterocycles. The summed E-state index contributed by atoms with van der Waals surface area (Å²) in [5.74, 6) is 1.68. The Morgan fingerprint density at radius 2 is 2.18 bits per heavy atom. The van der Waals surface area contributed by atoms with Crippen molar-refractivity contribution in [3.05, 3.63) is 16.1 Å². The van der Waals surface area contributed by atoms with Gasteiger partial charge in [0, 0.05) is 11.6 Å². The van der Waals surface area contributed by atoms with Gasteiger partial charge in [-0.25, -0.2) is 0 Å². The zero-order chi connectivity index (χ0) is 12.4. The van der Waals surface area contributed by atoms with E-state index >= 15 is 0 Å². The molecule has 1 unspecified atom stereocenters. The lowest BCUT2D eigenvalue weighted by Gasteiger charge is -2.25. The Kier molecular flexibility index (Phi) is 3.79. The van der Waals surface area contributed by atoms with E-state index in [9.17, 15) is 5.11 Å². The van der Waals surface area contributed by atoms with Crippen LogP contribution in [0.25, 0.3) is 0 Å². The second kappa shape index (κ2) is 5.14. The standard InChI is InChI=1S/C12H16BrNO3/c1-7(2-3-14)10-11(15)8(13)6-9-12(10)17-5-4-16-9/h6-7,15H,2-5,14H2,1H3. The lowest BCUT2D eigenvalue weighted by molar-refractivity contribution is 0.168. The predicted molar refractivity (Wildman–Crippen MR) is 68.9 cm³/mol. The van der Waals surface area contributed by atoms with Crippen LogP contribution in [0.4, 0.5) is 0 Å². The number of halogens is 1. The second-order valence-corrected chi connectivity index (χ2v) is 4.98. The number of nitrogens with two attached hydrogens (primary N) is 1. The Balaban J connectivity index is 2.50. The second-order valence-electron chi connectivity index (χ2n) is 4.12. The number of rotatable bonds is 3. The molecular formula is C12H16BrNO3. The van der Waals surface area contributed by atoms with Gasteiger partial charge in [-0.15, -0.1) is 0 Å². The van der Waals surface area contributed by atoms with E-state index in [2.05, 4.69) is 15.9 Å². The fourth-order valence-electron chi connectivity index (χ4n) is 2.02. The molecule has 1 aliphatic heterocycles. The van der Waals surface area contributed by atoms with Crippen LogP contribution in [0, 0.1) is 0 Å². The van der Waals surface area contributed by atoms with Crippen molar-refractivity contribution in [3.63, 3.8) is 0 Å². The number of hydrogen-bond donors (Lipinski definition) is 2. The van der Waals surface area contributed by atoms with E-state index in [0.29, 0.717) is 35.7 Å². The Bertz CT molecular complexity index is 423. The predicted octanol–water partition coefficient (Wildman–Crippen LogP) is 2.38. The first-order valence-corrected chi connectivity index (χ1v) is 6.45. The average molecular weight is 302 g/mol. The fraction of sp³-hybridized carbons (Fsp3) is 0.500. The molecule has 1 aromatic carbocycles. The summed E-state index contributed by atoms with van der Waals surface area (Å²) in [7, 11) is 0. The lowest BCUT2D eigenvalue weighted by Crippen LogP contribution is -2.18. The molecule has 3 N–H and O–H groups in total. The number of fused-ring (bicyclic) bond motifs is 1. The van der Waals surface area contributed by atoms with Crippen LogP contribution in [0.5, 0.6) is 17.2 Å². The van der Waals surface area contributed by atoms with Crippen molar-refractivity contribution < 1.29 is 14.6 Å². The minimum Gasteiger partial charge on any atom is -0.506 e. The number of ether oxygens (including phenoxy) is 2. The summed E-state index contributed by atoms with van der Waals surface area (Å²) in [5.41, 5.74) is 6.34. The molecule has 0 aliphatic carbocycles. The first-order chi connectivity index (χ1) is 8.15. The highest BCUT2D eigenvalue weighted by Crippen LogP contribution is 2.47. The normalized spacial score (nSPS) is 15.7. The van der Waals surface area contributed by atoms with Gasteiger partial charge in [-0.2, -0.15) is 0 Å². The molecule has 0 bridgehead atoms. The molecule has 0 fully saturated rings. The van der Waals surface area contributed by atoms with E-state index in [1.165, 1.54) is 0 Å². The molecule has 94 valence electrons. The van der Waals surface area contributed by atoms with E-state index in [1.54, 1.807) is 6.07 Å². The van der Waals surface area contributed by atoms with E-state index in [0.717, 1.165) is 12.0 Å². The third-order valence-corrected chi connectivity index (χ3v) is 3.49. The SMILES string of the molecule is CC(CCN)c1c(O)c(Br)cc2c1OCCO2. The largest absolute Gasteiger partial charge is 0.506 e. The molecule has 2 rings (SSSR count). The van der Waals surface area contributed by atoms with Crippen LogP contribution < -0.4 is 15.2 Å². The van der Waals surface area contributed by atoms with Gasteiger partial charge in [0.1, 0.15) is 19.0 Å². The van der Waals surface area contributed by atoms with E-state index < -0.39 is 0 Å². The number of benzene rings is 1. The van der Waals surface area contributed by atoms with Gasteiger partial charge >= 0.3 is 0 Å². The van der Waals surface area contributed by atoms with E-state index in [1.807, 2.05) is 6.92 Å². The molecule has 0 amide bonds. The highest BCUT2D eigenvalue weighted by molar-refractivity contribution is 9.10. The quantitative estimate of drug-likeness (QED) is 0.900. The van der Waals surface area contributed by atoms with Gasteiger partial charge in [-0.1, -0.05) is 6.92 Å². The maximum atomic E-state index is 10.1. The minimum absolute atomic E-state index is 0.132. The summed E-state index contributed by atoms with van der Waals surface area (Å²) in [6.45, 7) is 3.64. The highest BCUT2D eigenvalue weighted by atomic mass is 79.9. The molecule has 0 radical (unpaired) electrons. The van der Waals surface area contributed by atoms with Crippen molar-refractivity contribution in [2.24, 2.45) is 5.73 Å². The van der Waals surface area contributed by atoms with Crippen LogP contribution in [0.1, 0.15) is 24.8 Å². The fourth-order valence-corrected chi connectivity index (χ4v) is 2.44. The Morgan fingerprint density at radius 3 is 2.88 bits per heavy atom. The number of aromatic hydroxyl groups is 1. The van der Waals surface area contributed by atoms with Crippen LogP contribution in [-0.2, 0) is 0 Å². The summed E-state index contributed by atoms with van der Waals surface area (Å²) < 4.78 is 11.8. The zero-order valence-electron chi connectivity index (χ0n) is 9.70. The van der Waals surface area contributed by atoms with Gasteiger partial charge in [-0.05, 0) is 34.8 Å². The topological polar surface area (TPSA) is 64.7 Å². The van der Waals surface area contributed by atoms with Crippen LogP contribution in [0.2, 0.25) is 0 Å². The molecule has 1 aliphatic rings. The van der Waals surface area contributed by atoms with Crippen LogP contribution >= 0.6 is 15.9 Å². The summed E-state index contributed by atoms with van der Waals surface area (Å²) in [5, 5.41) is 10.1. The van der Waals surface area contributed by atoms with Crippen LogP contribution in [0.15, 0.2) is 10.5 Å². The molecule has 0 saturated carbocycles. The smallest absolute Gasteiger partial charge is 0.168 e. The lowest BCUT2D eigenvalue weighted by atomic mass is 9.95. The van der Waals surface area contributed by atoms with Crippen molar-refractivity contribution in [1.29, 1.82) is 0 Å². The maximum Gasteiger partial charge on any atom is 0.168 e. The summed E-state index contributed by atoms with van der Waals surface area (Å²) in [4.78, 5) is 0. The van der Waals surface area contributed by atoms with Crippen molar-refractivity contribution >= 4 is 15.9 Å². The zero-order valence-corrected chi connectivity index (χ0v) is 11.3. The average Bonchev–Trinajstić information content (AvgIpc) is 2.31. The van der Waals surface area contributed by atoms with E-state index in [-0.39, 0.29) is 11.7 Å². The monoisotopic (exact) mass is 301 g/mol. The summed E-state index contributed by atoms with van der Waals surface area (Å²) in [6.07, 6.45) is 0.791. The van der Waals surface area contributed by atoms with Gasteiger partial charge in [0.05, 0.1) is 4.47 Å². The molecule has 17 heavy (non-hydrogen) atoms. The highest BCUT2D eigenvalue weighted by Gasteiger charge is 2.25. The van der Waals surface area contributed by atoms with Crippen molar-refractivity contribution in [1.82, 2.24) is 0 Å². The first-order valence-electron chi connectivity index (χ1n) is 5.66. The molecule has 0 spiro atoms. The summed E-state index contributed by atoms with van der Waals surface area (Å²) >= 11 is 3.33. The third-order valence-electron chi connectivity index (χ3n) is 2.89. The van der Waals surface area contributed by atoms with Crippen LogP contribution in [0.3, 0.4) is 0 Å². The molecule has 1 atom stereocenters. The van der Waals surface area contributed by atoms with E-state index in [4.69, 9.17) is 15.2 Å². The molecule has 1 heterocycles. The minimum atomic E-state index is 0.132. The van der Waals surface area contributed by atoms with Gasteiger partial charge in [0.15, 0.2) is 11.5 Å². The Hall–Kier alpha value is -0.940. The van der Waals surface area contributed by atoms with Gasteiger partial charge < -0.3 is 20.3 Å². The van der Waals surface area contributed by atoms with Crippen LogP contribution in [-0.4, -0.2) is 24.9 Å². The van der Waals surface area contributed by atoms with Crippen molar-refractivity contribution in [2.45, 2.75) is 19.3 Å². The molecule has 0 aromatic heterocycles. The molecule has 1 aromatic rings. The van der Waals surface area contributed by atoms with Crippen molar-refractivity contribution in [3.8, 4) is 17.2 Å². The maximum absolute atomic E-state index is 10.1. The van der Waals surface area contributed by atoms with Crippen molar-refractivity contribution in [2.75, 3.05) is 19.8 Å². The third kappa shape index (κ3) is 2.35. The van der Waals surface area contributed by atoms with Gasteiger partial charge in [0.25, 0.3) is 0 Å². The first kappa shape index (κ1) is 12.5. The summed E-state index contributed by atoms with van der Waals surface area (Å²) in [6, 6.07) is 1.74. The number of phenolic OH excluding ortho intramolecular Hbond substituents is 1. The Morgan fingerprint density at radius 1 is 1.47 bits per heavy atom. The van der Waals surface area contributed by atoms with Gasteiger partial charge in [-0.3, -0.25) is 0 Å².